The van der Waals surface area contributed by atoms with Gasteiger partial charge in [0.05, 0.1) is 6.04 Å². The smallest absolute Gasteiger partial charge is 0.251 e. The topological polar surface area (TPSA) is 54.3 Å². The molecule has 1 aliphatic rings. The fourth-order valence-corrected chi connectivity index (χ4v) is 2.54. The largest absolute Gasteiger partial charge is 0.379 e. The van der Waals surface area contributed by atoms with Gasteiger partial charge in [0.25, 0.3) is 5.56 Å². The lowest BCUT2D eigenvalue weighted by atomic mass is 10.1. The van der Waals surface area contributed by atoms with Crippen LogP contribution in [-0.2, 0) is 11.3 Å². The standard InChI is InChI=1S/C17H18FN3O2/c1-12-6-7-20(16(22)8-12)11-17(23)21-9-15(10-21)19-14-4-2-13(18)3-5-14/h2-8,15,19H,9-11H2,1H3. The number of carbonyl (C=O) groups is 1. The van der Waals surface area contributed by atoms with Gasteiger partial charge in [0.15, 0.2) is 0 Å². The second kappa shape index (κ2) is 6.24. The van der Waals surface area contributed by atoms with Crippen LogP contribution in [0.25, 0.3) is 0 Å². The predicted molar refractivity (Wildman–Crippen MR) is 85.8 cm³/mol. The molecule has 6 heteroatoms. The molecule has 3 rings (SSSR count). The summed E-state index contributed by atoms with van der Waals surface area (Å²) in [6, 6.07) is 9.62. The number of carbonyl (C=O) groups excluding carboxylic acids is 1. The SMILES string of the molecule is Cc1ccn(CC(=O)N2CC(Nc3ccc(F)cc3)C2)c(=O)c1. The van der Waals surface area contributed by atoms with Crippen molar-refractivity contribution in [1.82, 2.24) is 9.47 Å². The van der Waals surface area contributed by atoms with Crippen molar-refractivity contribution >= 4 is 11.6 Å². The first-order valence-corrected chi connectivity index (χ1v) is 7.48. The number of aryl methyl sites for hydroxylation is 1. The minimum absolute atomic E-state index is 0.0579. The van der Waals surface area contributed by atoms with E-state index >= 15 is 0 Å². The molecular formula is C17H18FN3O2. The predicted octanol–water partition coefficient (Wildman–Crippen LogP) is 1.62. The van der Waals surface area contributed by atoms with E-state index in [0.29, 0.717) is 13.1 Å². The van der Waals surface area contributed by atoms with E-state index in [9.17, 15) is 14.0 Å². The molecule has 0 radical (unpaired) electrons. The van der Waals surface area contributed by atoms with E-state index in [1.807, 2.05) is 13.0 Å². The molecule has 1 amide bonds. The van der Waals surface area contributed by atoms with Crippen molar-refractivity contribution in [2.24, 2.45) is 0 Å². The Morgan fingerprint density at radius 1 is 1.26 bits per heavy atom. The second-order valence-electron chi connectivity index (χ2n) is 5.82. The summed E-state index contributed by atoms with van der Waals surface area (Å²) in [6.07, 6.45) is 1.64. The summed E-state index contributed by atoms with van der Waals surface area (Å²) in [4.78, 5) is 25.7. The Balaban J connectivity index is 1.51. The number of hydrogen-bond donors (Lipinski definition) is 1. The molecule has 2 aromatic rings. The lowest BCUT2D eigenvalue weighted by Crippen LogP contribution is -2.57. The minimum Gasteiger partial charge on any atom is -0.379 e. The zero-order chi connectivity index (χ0) is 16.4. The highest BCUT2D eigenvalue weighted by atomic mass is 19.1. The summed E-state index contributed by atoms with van der Waals surface area (Å²) >= 11 is 0. The molecule has 1 saturated heterocycles. The molecule has 1 N–H and O–H groups in total. The summed E-state index contributed by atoms with van der Waals surface area (Å²) in [7, 11) is 0. The molecule has 0 unspecified atom stereocenters. The summed E-state index contributed by atoms with van der Waals surface area (Å²) in [6.45, 7) is 3.06. The van der Waals surface area contributed by atoms with Gasteiger partial charge in [-0.05, 0) is 42.8 Å². The first kappa shape index (κ1) is 15.3. The van der Waals surface area contributed by atoms with Crippen LogP contribution in [0.3, 0.4) is 0 Å². The third-order valence-corrected chi connectivity index (χ3v) is 3.91. The van der Waals surface area contributed by atoms with Gasteiger partial charge in [-0.1, -0.05) is 0 Å². The van der Waals surface area contributed by atoms with Crippen LogP contribution in [0.1, 0.15) is 5.56 Å². The van der Waals surface area contributed by atoms with E-state index in [0.717, 1.165) is 11.3 Å². The van der Waals surface area contributed by atoms with E-state index in [2.05, 4.69) is 5.32 Å². The van der Waals surface area contributed by atoms with E-state index in [1.54, 1.807) is 23.2 Å². The highest BCUT2D eigenvalue weighted by Gasteiger charge is 2.30. The van der Waals surface area contributed by atoms with Crippen molar-refractivity contribution in [1.29, 1.82) is 0 Å². The molecule has 0 saturated carbocycles. The zero-order valence-corrected chi connectivity index (χ0v) is 12.8. The van der Waals surface area contributed by atoms with Crippen LogP contribution in [0.5, 0.6) is 0 Å². The van der Waals surface area contributed by atoms with E-state index in [4.69, 9.17) is 0 Å². The van der Waals surface area contributed by atoms with Crippen LogP contribution in [0.4, 0.5) is 10.1 Å². The summed E-state index contributed by atoms with van der Waals surface area (Å²) in [5.41, 5.74) is 1.55. The maximum absolute atomic E-state index is 12.8. The maximum Gasteiger partial charge on any atom is 0.251 e. The molecule has 0 spiro atoms. The van der Waals surface area contributed by atoms with Crippen LogP contribution in [0.2, 0.25) is 0 Å². The summed E-state index contributed by atoms with van der Waals surface area (Å²) in [5.74, 6) is -0.349. The fourth-order valence-electron chi connectivity index (χ4n) is 2.54. The highest BCUT2D eigenvalue weighted by molar-refractivity contribution is 5.77. The Labute approximate surface area is 133 Å². The van der Waals surface area contributed by atoms with Crippen molar-refractivity contribution in [3.63, 3.8) is 0 Å². The number of benzene rings is 1. The molecule has 120 valence electrons. The Hall–Kier alpha value is -2.63. The van der Waals surface area contributed by atoms with Gasteiger partial charge in [0.1, 0.15) is 12.4 Å². The molecule has 0 atom stereocenters. The highest BCUT2D eigenvalue weighted by Crippen LogP contribution is 2.16. The number of likely N-dealkylation sites (tertiary alicyclic amines) is 1. The fraction of sp³-hybridized carbons (Fsp3) is 0.294. The minimum atomic E-state index is -0.274. The molecule has 1 aromatic heterocycles. The average molecular weight is 315 g/mol. The number of anilines is 1. The normalized spacial score (nSPS) is 14.4. The number of rotatable bonds is 4. The van der Waals surface area contributed by atoms with E-state index in [1.165, 1.54) is 22.8 Å². The summed E-state index contributed by atoms with van der Waals surface area (Å²) < 4.78 is 14.3. The van der Waals surface area contributed by atoms with Gasteiger partial charge in [-0.15, -0.1) is 0 Å². The van der Waals surface area contributed by atoms with Crippen molar-refractivity contribution in [2.75, 3.05) is 18.4 Å². The molecular weight excluding hydrogens is 297 g/mol. The summed E-state index contributed by atoms with van der Waals surface area (Å²) in [5, 5.41) is 3.24. The average Bonchev–Trinajstić information content (AvgIpc) is 2.47. The molecule has 1 aromatic carbocycles. The van der Waals surface area contributed by atoms with Gasteiger partial charge in [0.2, 0.25) is 5.91 Å². The number of nitrogens with one attached hydrogen (secondary N) is 1. The molecule has 2 heterocycles. The number of nitrogens with zero attached hydrogens (tertiary/aromatic N) is 2. The van der Waals surface area contributed by atoms with Gasteiger partial charge < -0.3 is 14.8 Å². The van der Waals surface area contributed by atoms with Crippen LogP contribution >= 0.6 is 0 Å². The molecule has 5 nitrogen and oxygen atoms in total. The van der Waals surface area contributed by atoms with E-state index in [-0.39, 0.29) is 29.9 Å². The quantitative estimate of drug-likeness (QED) is 0.933. The third kappa shape index (κ3) is 3.59. The van der Waals surface area contributed by atoms with Gasteiger partial charge in [0, 0.05) is 31.0 Å². The van der Waals surface area contributed by atoms with Crippen LogP contribution in [0.15, 0.2) is 47.4 Å². The first-order valence-electron chi connectivity index (χ1n) is 7.48. The lowest BCUT2D eigenvalue weighted by Gasteiger charge is -2.40. The number of pyridine rings is 1. The van der Waals surface area contributed by atoms with Crippen LogP contribution in [0, 0.1) is 12.7 Å². The maximum atomic E-state index is 12.8. The lowest BCUT2D eigenvalue weighted by molar-refractivity contribution is -0.135. The van der Waals surface area contributed by atoms with Gasteiger partial charge in [-0.25, -0.2) is 4.39 Å². The Kier molecular flexibility index (Phi) is 4.14. The van der Waals surface area contributed by atoms with Crippen molar-refractivity contribution < 1.29 is 9.18 Å². The third-order valence-electron chi connectivity index (χ3n) is 3.91. The molecule has 1 aliphatic heterocycles. The van der Waals surface area contributed by atoms with Crippen molar-refractivity contribution in [3.8, 4) is 0 Å². The van der Waals surface area contributed by atoms with Crippen LogP contribution in [-0.4, -0.2) is 34.5 Å². The first-order chi connectivity index (χ1) is 11.0. The Morgan fingerprint density at radius 2 is 1.96 bits per heavy atom. The van der Waals surface area contributed by atoms with Gasteiger partial charge in [-0.2, -0.15) is 0 Å². The van der Waals surface area contributed by atoms with Gasteiger partial charge >= 0.3 is 0 Å². The second-order valence-corrected chi connectivity index (χ2v) is 5.82. The van der Waals surface area contributed by atoms with Crippen molar-refractivity contribution in [3.05, 3.63) is 64.3 Å². The molecule has 0 aliphatic carbocycles. The van der Waals surface area contributed by atoms with Gasteiger partial charge in [-0.3, -0.25) is 9.59 Å². The Morgan fingerprint density at radius 3 is 2.61 bits per heavy atom. The monoisotopic (exact) mass is 315 g/mol. The molecule has 1 fully saturated rings. The van der Waals surface area contributed by atoms with Crippen molar-refractivity contribution in [2.45, 2.75) is 19.5 Å². The molecule has 23 heavy (non-hydrogen) atoms. The zero-order valence-electron chi connectivity index (χ0n) is 12.8. The van der Waals surface area contributed by atoms with E-state index < -0.39 is 0 Å². The number of halogens is 1. The molecule has 0 bridgehead atoms. The Bertz CT molecular complexity index is 764. The number of hydrogen-bond acceptors (Lipinski definition) is 3. The van der Waals surface area contributed by atoms with Crippen LogP contribution < -0.4 is 10.9 Å². The number of amides is 1. The number of aromatic nitrogens is 1.